The van der Waals surface area contributed by atoms with Gasteiger partial charge in [-0.25, -0.2) is 4.98 Å². The molecule has 5 nitrogen and oxygen atoms in total. The van der Waals surface area contributed by atoms with Crippen LogP contribution in [0.25, 0.3) is 22.3 Å². The first-order valence-corrected chi connectivity index (χ1v) is 9.78. The van der Waals surface area contributed by atoms with E-state index in [0.29, 0.717) is 22.1 Å². The highest BCUT2D eigenvalue weighted by molar-refractivity contribution is 7.15. The molecule has 1 aliphatic heterocycles. The van der Waals surface area contributed by atoms with Crippen molar-refractivity contribution in [1.82, 2.24) is 9.38 Å². The first kappa shape index (κ1) is 17.0. The summed E-state index contributed by atoms with van der Waals surface area (Å²) in [6.07, 6.45) is 5.29. The molecule has 0 radical (unpaired) electrons. The quantitative estimate of drug-likeness (QED) is 0.338. The zero-order valence-corrected chi connectivity index (χ0v) is 16.0. The SMILES string of the molecule is O=C(C=Cc1c(-c2ccc(Cl)cc2)nc2sccn12)c1ccc2c(c1)OCO2. The monoisotopic (exact) mass is 408 g/mol. The van der Waals surface area contributed by atoms with Crippen LogP contribution in [0, 0.1) is 0 Å². The first-order valence-electron chi connectivity index (χ1n) is 8.52. The summed E-state index contributed by atoms with van der Waals surface area (Å²) in [6, 6.07) is 12.7. The van der Waals surface area contributed by atoms with Crippen molar-refractivity contribution < 1.29 is 14.3 Å². The second kappa shape index (κ2) is 6.82. The number of fused-ring (bicyclic) bond motifs is 2. The van der Waals surface area contributed by atoms with Crippen molar-refractivity contribution >= 4 is 39.8 Å². The Balaban J connectivity index is 1.52. The van der Waals surface area contributed by atoms with Crippen LogP contribution in [0.5, 0.6) is 11.5 Å². The number of carbonyl (C=O) groups is 1. The van der Waals surface area contributed by atoms with Crippen molar-refractivity contribution in [3.05, 3.63) is 76.4 Å². The Hall–Kier alpha value is -3.09. The average molecular weight is 409 g/mol. The maximum atomic E-state index is 12.7. The van der Waals surface area contributed by atoms with Crippen molar-refractivity contribution in [2.75, 3.05) is 6.79 Å². The van der Waals surface area contributed by atoms with Crippen LogP contribution < -0.4 is 9.47 Å². The number of aromatic nitrogens is 2. The number of allylic oxidation sites excluding steroid dienone is 1. The maximum Gasteiger partial charge on any atom is 0.231 e. The van der Waals surface area contributed by atoms with Crippen molar-refractivity contribution in [3.63, 3.8) is 0 Å². The van der Waals surface area contributed by atoms with Gasteiger partial charge in [-0.15, -0.1) is 11.3 Å². The molecular weight excluding hydrogens is 396 g/mol. The Kier molecular flexibility index (Phi) is 4.15. The molecule has 28 heavy (non-hydrogen) atoms. The summed E-state index contributed by atoms with van der Waals surface area (Å²) in [5, 5.41) is 2.63. The van der Waals surface area contributed by atoms with Gasteiger partial charge in [0.15, 0.2) is 22.2 Å². The summed E-state index contributed by atoms with van der Waals surface area (Å²) in [7, 11) is 0. The average Bonchev–Trinajstić information content (AvgIpc) is 3.42. The van der Waals surface area contributed by atoms with Gasteiger partial charge in [0.1, 0.15) is 0 Å². The minimum Gasteiger partial charge on any atom is -0.454 e. The molecule has 2 aromatic heterocycles. The fourth-order valence-electron chi connectivity index (χ4n) is 3.08. The third-order valence-corrected chi connectivity index (χ3v) is 5.47. The smallest absolute Gasteiger partial charge is 0.231 e. The number of halogens is 1. The third kappa shape index (κ3) is 2.96. The number of carbonyl (C=O) groups excluding carboxylic acids is 1. The van der Waals surface area contributed by atoms with E-state index in [1.165, 1.54) is 0 Å². The summed E-state index contributed by atoms with van der Waals surface area (Å²) in [5.74, 6) is 1.12. The standard InChI is InChI=1S/C21H13ClN2O3S/c22-15-4-1-13(2-5-15)20-16(24-9-10-28-21(24)23-20)6-7-17(25)14-3-8-18-19(11-14)27-12-26-18/h1-11H,12H2. The van der Waals surface area contributed by atoms with Gasteiger partial charge >= 0.3 is 0 Å². The number of hydrogen-bond acceptors (Lipinski definition) is 5. The number of benzene rings is 2. The van der Waals surface area contributed by atoms with Crippen LogP contribution in [0.2, 0.25) is 5.02 Å². The third-order valence-electron chi connectivity index (χ3n) is 4.47. The Labute approximate surface area is 169 Å². The van der Waals surface area contributed by atoms with E-state index in [1.54, 1.807) is 41.7 Å². The van der Waals surface area contributed by atoms with Crippen molar-refractivity contribution in [2.45, 2.75) is 0 Å². The van der Waals surface area contributed by atoms with E-state index in [-0.39, 0.29) is 12.6 Å². The molecule has 0 unspecified atom stereocenters. The maximum absolute atomic E-state index is 12.7. The summed E-state index contributed by atoms with van der Waals surface area (Å²) >= 11 is 7.55. The van der Waals surface area contributed by atoms with Crippen molar-refractivity contribution in [2.24, 2.45) is 0 Å². The van der Waals surface area contributed by atoms with Gasteiger partial charge in [-0.05, 0) is 42.5 Å². The number of ether oxygens (including phenoxy) is 2. The van der Waals surface area contributed by atoms with Gasteiger partial charge in [-0.3, -0.25) is 9.20 Å². The topological polar surface area (TPSA) is 52.8 Å². The molecule has 4 aromatic rings. The molecule has 0 N–H and O–H groups in total. The number of hydrogen-bond donors (Lipinski definition) is 0. The lowest BCUT2D eigenvalue weighted by Crippen LogP contribution is -1.95. The van der Waals surface area contributed by atoms with E-state index >= 15 is 0 Å². The summed E-state index contributed by atoms with van der Waals surface area (Å²) in [5.41, 5.74) is 3.13. The van der Waals surface area contributed by atoms with Gasteiger partial charge in [-0.1, -0.05) is 23.7 Å². The van der Waals surface area contributed by atoms with Crippen LogP contribution in [0.15, 0.2) is 60.1 Å². The Morgan fingerprint density at radius 1 is 1.14 bits per heavy atom. The fraction of sp³-hybridized carbons (Fsp3) is 0.0476. The van der Waals surface area contributed by atoms with E-state index in [0.717, 1.165) is 21.9 Å². The Bertz CT molecular complexity index is 1220. The van der Waals surface area contributed by atoms with Gasteiger partial charge in [0.2, 0.25) is 6.79 Å². The lowest BCUT2D eigenvalue weighted by atomic mass is 10.1. The van der Waals surface area contributed by atoms with Gasteiger partial charge < -0.3 is 9.47 Å². The molecule has 0 saturated heterocycles. The van der Waals surface area contributed by atoms with E-state index in [2.05, 4.69) is 0 Å². The molecule has 7 heteroatoms. The molecule has 2 aromatic carbocycles. The van der Waals surface area contributed by atoms with E-state index in [1.807, 2.05) is 40.2 Å². The van der Waals surface area contributed by atoms with Gasteiger partial charge in [0.25, 0.3) is 0 Å². The zero-order chi connectivity index (χ0) is 19.1. The molecular formula is C21H13ClN2O3S. The Morgan fingerprint density at radius 2 is 1.96 bits per heavy atom. The molecule has 0 spiro atoms. The normalized spacial score (nSPS) is 12.9. The summed E-state index contributed by atoms with van der Waals surface area (Å²) in [4.78, 5) is 18.2. The molecule has 0 saturated carbocycles. The zero-order valence-electron chi connectivity index (χ0n) is 14.5. The highest BCUT2D eigenvalue weighted by atomic mass is 35.5. The van der Waals surface area contributed by atoms with Crippen LogP contribution in [-0.4, -0.2) is 22.0 Å². The van der Waals surface area contributed by atoms with Crippen LogP contribution >= 0.6 is 22.9 Å². The van der Waals surface area contributed by atoms with Crippen LogP contribution in [-0.2, 0) is 0 Å². The molecule has 0 amide bonds. The Morgan fingerprint density at radius 3 is 2.82 bits per heavy atom. The molecule has 0 bridgehead atoms. The first-order chi connectivity index (χ1) is 13.7. The van der Waals surface area contributed by atoms with Crippen LogP contribution in [0.3, 0.4) is 0 Å². The summed E-state index contributed by atoms with van der Waals surface area (Å²) in [6.45, 7) is 0.180. The van der Waals surface area contributed by atoms with Crippen molar-refractivity contribution in [1.29, 1.82) is 0 Å². The molecule has 5 rings (SSSR count). The van der Waals surface area contributed by atoms with Gasteiger partial charge in [0, 0.05) is 27.7 Å². The van der Waals surface area contributed by atoms with Gasteiger partial charge in [0.05, 0.1) is 11.4 Å². The largest absolute Gasteiger partial charge is 0.454 e. The van der Waals surface area contributed by atoms with E-state index in [4.69, 9.17) is 26.1 Å². The van der Waals surface area contributed by atoms with Crippen LogP contribution in [0.4, 0.5) is 0 Å². The molecule has 0 aliphatic carbocycles. The number of ketones is 1. The second-order valence-electron chi connectivity index (χ2n) is 6.17. The molecule has 1 aliphatic rings. The minimum atomic E-state index is -0.120. The fourth-order valence-corrected chi connectivity index (χ4v) is 3.93. The highest BCUT2D eigenvalue weighted by Crippen LogP contribution is 2.33. The predicted octanol–water partition coefficient (Wildman–Crippen LogP) is 5.34. The second-order valence-corrected chi connectivity index (χ2v) is 7.48. The number of rotatable bonds is 4. The van der Waals surface area contributed by atoms with Crippen LogP contribution in [0.1, 0.15) is 16.1 Å². The van der Waals surface area contributed by atoms with E-state index < -0.39 is 0 Å². The molecule has 0 fully saturated rings. The number of thiazole rings is 1. The predicted molar refractivity (Wildman–Crippen MR) is 109 cm³/mol. The van der Waals surface area contributed by atoms with Gasteiger partial charge in [-0.2, -0.15) is 0 Å². The molecule has 0 atom stereocenters. The number of imidazole rings is 1. The summed E-state index contributed by atoms with van der Waals surface area (Å²) < 4.78 is 12.6. The van der Waals surface area contributed by atoms with Crippen molar-refractivity contribution in [3.8, 4) is 22.8 Å². The van der Waals surface area contributed by atoms with E-state index in [9.17, 15) is 4.79 Å². The molecule has 3 heterocycles. The minimum absolute atomic E-state index is 0.120. The molecule has 138 valence electrons. The lowest BCUT2D eigenvalue weighted by Gasteiger charge is -2.01. The number of nitrogens with zero attached hydrogens (tertiary/aromatic N) is 2. The lowest BCUT2D eigenvalue weighted by molar-refractivity contribution is 0.104. The highest BCUT2D eigenvalue weighted by Gasteiger charge is 2.16.